The third-order valence-electron chi connectivity index (χ3n) is 2.36. The topological polar surface area (TPSA) is 34.9 Å². The van der Waals surface area contributed by atoms with E-state index in [1.54, 1.807) is 0 Å². The molecule has 1 heterocycles. The number of nitrogens with zero attached hydrogens (tertiary/aromatic N) is 2. The Morgan fingerprint density at radius 2 is 1.93 bits per heavy atom. The van der Waals surface area contributed by atoms with Crippen LogP contribution in [-0.4, -0.2) is 16.1 Å². The summed E-state index contributed by atoms with van der Waals surface area (Å²) < 4.78 is 1.99. The van der Waals surface area contributed by atoms with Crippen LogP contribution in [0, 0.1) is 13.8 Å². The van der Waals surface area contributed by atoms with Crippen molar-refractivity contribution in [2.75, 3.05) is 0 Å². The minimum atomic E-state index is -0.0179. The smallest absolute Gasteiger partial charge is 0.124 e. The van der Waals surface area contributed by atoms with Crippen LogP contribution in [0.1, 0.15) is 37.7 Å². The number of aldehydes is 1. The minimum Gasteiger partial charge on any atom is -0.303 e. The van der Waals surface area contributed by atoms with Gasteiger partial charge in [-0.05, 0) is 34.6 Å². The van der Waals surface area contributed by atoms with Crippen molar-refractivity contribution in [2.45, 2.75) is 46.6 Å². The van der Waals surface area contributed by atoms with Gasteiger partial charge in [0.2, 0.25) is 0 Å². The van der Waals surface area contributed by atoms with Gasteiger partial charge in [0.25, 0.3) is 0 Å². The summed E-state index contributed by atoms with van der Waals surface area (Å²) in [5, 5.41) is 4.46. The van der Waals surface area contributed by atoms with E-state index in [1.165, 1.54) is 0 Å². The Kier molecular flexibility index (Phi) is 2.79. The molecule has 0 fully saturated rings. The first-order valence-corrected chi connectivity index (χ1v) is 4.87. The maximum absolute atomic E-state index is 10.5. The maximum atomic E-state index is 10.5. The Bertz CT molecular complexity index is 345. The second-order valence-corrected chi connectivity index (χ2v) is 4.60. The average molecular weight is 194 g/mol. The Hall–Kier alpha value is -1.12. The van der Waals surface area contributed by atoms with Crippen LogP contribution < -0.4 is 0 Å². The number of rotatable bonds is 2. The number of carbonyl (C=O) groups is 1. The number of hydrogen-bond donors (Lipinski definition) is 0. The first kappa shape index (κ1) is 11.0. The second kappa shape index (κ2) is 3.56. The lowest BCUT2D eigenvalue weighted by molar-refractivity contribution is -0.107. The van der Waals surface area contributed by atoms with Crippen molar-refractivity contribution in [1.29, 1.82) is 0 Å². The Morgan fingerprint density at radius 3 is 2.29 bits per heavy atom. The molecule has 0 spiro atoms. The van der Waals surface area contributed by atoms with E-state index in [0.29, 0.717) is 6.42 Å². The number of aryl methyl sites for hydroxylation is 1. The molecule has 0 amide bonds. The van der Waals surface area contributed by atoms with E-state index in [2.05, 4.69) is 25.9 Å². The molecular formula is C11H18N2O. The molecule has 1 rings (SSSR count). The fourth-order valence-electron chi connectivity index (χ4n) is 1.71. The van der Waals surface area contributed by atoms with Crippen LogP contribution in [0.2, 0.25) is 0 Å². The molecule has 0 bridgehead atoms. The Balaban J connectivity index is 3.23. The quantitative estimate of drug-likeness (QED) is 0.675. The molecule has 0 aromatic carbocycles. The zero-order valence-corrected chi connectivity index (χ0v) is 9.59. The summed E-state index contributed by atoms with van der Waals surface area (Å²) in [6.07, 6.45) is 1.40. The largest absolute Gasteiger partial charge is 0.303 e. The molecule has 0 unspecified atom stereocenters. The summed E-state index contributed by atoms with van der Waals surface area (Å²) >= 11 is 0. The van der Waals surface area contributed by atoms with Crippen molar-refractivity contribution in [3.05, 3.63) is 17.0 Å². The molecule has 0 atom stereocenters. The minimum absolute atomic E-state index is 0.0179. The SMILES string of the molecule is Cc1nn(C(C)(C)C)c(C)c1CC=O. The summed E-state index contributed by atoms with van der Waals surface area (Å²) in [7, 11) is 0. The van der Waals surface area contributed by atoms with Crippen LogP contribution in [0.15, 0.2) is 0 Å². The van der Waals surface area contributed by atoms with Gasteiger partial charge in [0, 0.05) is 17.7 Å². The summed E-state index contributed by atoms with van der Waals surface area (Å²) in [4.78, 5) is 10.5. The van der Waals surface area contributed by atoms with E-state index in [4.69, 9.17) is 0 Å². The van der Waals surface area contributed by atoms with Crippen LogP contribution in [0.3, 0.4) is 0 Å². The number of aromatic nitrogens is 2. The first-order valence-electron chi connectivity index (χ1n) is 4.87. The Labute approximate surface area is 85.1 Å². The fourth-order valence-corrected chi connectivity index (χ4v) is 1.71. The lowest BCUT2D eigenvalue weighted by atomic mass is 10.1. The van der Waals surface area contributed by atoms with Crippen LogP contribution in [-0.2, 0) is 16.8 Å². The third-order valence-corrected chi connectivity index (χ3v) is 2.36. The van der Waals surface area contributed by atoms with Crippen molar-refractivity contribution in [3.63, 3.8) is 0 Å². The van der Waals surface area contributed by atoms with Crippen molar-refractivity contribution < 1.29 is 4.79 Å². The molecule has 0 aliphatic carbocycles. The van der Waals surface area contributed by atoms with Gasteiger partial charge in [0.1, 0.15) is 6.29 Å². The highest BCUT2D eigenvalue weighted by Gasteiger charge is 2.20. The van der Waals surface area contributed by atoms with Gasteiger partial charge in [0.15, 0.2) is 0 Å². The van der Waals surface area contributed by atoms with Crippen LogP contribution in [0.5, 0.6) is 0 Å². The molecule has 3 heteroatoms. The second-order valence-electron chi connectivity index (χ2n) is 4.60. The van der Waals surface area contributed by atoms with E-state index >= 15 is 0 Å². The lowest BCUT2D eigenvalue weighted by Crippen LogP contribution is -2.24. The van der Waals surface area contributed by atoms with E-state index in [9.17, 15) is 4.79 Å². The molecule has 0 N–H and O–H groups in total. The van der Waals surface area contributed by atoms with Gasteiger partial charge in [-0.2, -0.15) is 5.10 Å². The number of carbonyl (C=O) groups excluding carboxylic acids is 1. The van der Waals surface area contributed by atoms with Gasteiger partial charge in [-0.1, -0.05) is 0 Å². The monoisotopic (exact) mass is 194 g/mol. The van der Waals surface area contributed by atoms with Gasteiger partial charge in [0.05, 0.1) is 11.2 Å². The van der Waals surface area contributed by atoms with Crippen LogP contribution >= 0.6 is 0 Å². The highest BCUT2D eigenvalue weighted by Crippen LogP contribution is 2.21. The predicted molar refractivity (Wildman–Crippen MR) is 56.5 cm³/mol. The molecule has 14 heavy (non-hydrogen) atoms. The zero-order chi connectivity index (χ0) is 10.9. The highest BCUT2D eigenvalue weighted by atomic mass is 16.1. The number of hydrogen-bond acceptors (Lipinski definition) is 2. The van der Waals surface area contributed by atoms with E-state index in [0.717, 1.165) is 23.2 Å². The van der Waals surface area contributed by atoms with Gasteiger partial charge >= 0.3 is 0 Å². The standard InChI is InChI=1S/C11H18N2O/c1-8-10(6-7-14)9(2)13(12-8)11(3,4)5/h7H,6H2,1-5H3. The lowest BCUT2D eigenvalue weighted by Gasteiger charge is -2.21. The van der Waals surface area contributed by atoms with Gasteiger partial charge in [-0.15, -0.1) is 0 Å². The van der Waals surface area contributed by atoms with Crippen LogP contribution in [0.25, 0.3) is 0 Å². The van der Waals surface area contributed by atoms with Gasteiger partial charge in [-0.25, -0.2) is 0 Å². The van der Waals surface area contributed by atoms with Crippen molar-refractivity contribution in [2.24, 2.45) is 0 Å². The van der Waals surface area contributed by atoms with Crippen molar-refractivity contribution >= 4 is 6.29 Å². The summed E-state index contributed by atoms with van der Waals surface area (Å²) in [5.74, 6) is 0. The molecule has 1 aromatic heterocycles. The molecular weight excluding hydrogens is 176 g/mol. The molecule has 0 saturated heterocycles. The fraction of sp³-hybridized carbons (Fsp3) is 0.636. The van der Waals surface area contributed by atoms with E-state index in [1.807, 2.05) is 18.5 Å². The molecule has 0 aliphatic heterocycles. The first-order chi connectivity index (χ1) is 6.38. The summed E-state index contributed by atoms with van der Waals surface area (Å²) in [6.45, 7) is 10.3. The van der Waals surface area contributed by atoms with Crippen molar-refractivity contribution in [3.8, 4) is 0 Å². The molecule has 78 valence electrons. The molecule has 0 saturated carbocycles. The van der Waals surface area contributed by atoms with E-state index < -0.39 is 0 Å². The van der Waals surface area contributed by atoms with Crippen LogP contribution in [0.4, 0.5) is 0 Å². The average Bonchev–Trinajstić information content (AvgIpc) is 2.31. The Morgan fingerprint density at radius 1 is 1.36 bits per heavy atom. The predicted octanol–water partition coefficient (Wildman–Crippen LogP) is 2.00. The molecule has 0 radical (unpaired) electrons. The van der Waals surface area contributed by atoms with E-state index in [-0.39, 0.29) is 5.54 Å². The molecule has 1 aromatic rings. The summed E-state index contributed by atoms with van der Waals surface area (Å²) in [6, 6.07) is 0. The molecule has 0 aliphatic rings. The van der Waals surface area contributed by atoms with Crippen molar-refractivity contribution in [1.82, 2.24) is 9.78 Å². The molecule has 3 nitrogen and oxygen atoms in total. The normalized spacial score (nSPS) is 11.8. The van der Waals surface area contributed by atoms with Gasteiger partial charge < -0.3 is 4.79 Å². The third kappa shape index (κ3) is 1.86. The highest BCUT2D eigenvalue weighted by molar-refractivity contribution is 5.56. The zero-order valence-electron chi connectivity index (χ0n) is 9.59. The van der Waals surface area contributed by atoms with Gasteiger partial charge in [-0.3, -0.25) is 4.68 Å². The maximum Gasteiger partial charge on any atom is 0.124 e. The summed E-state index contributed by atoms with van der Waals surface area (Å²) in [5.41, 5.74) is 3.11.